The molecule has 156 valence electrons. The summed E-state index contributed by atoms with van der Waals surface area (Å²) in [7, 11) is 0. The highest BCUT2D eigenvalue weighted by Crippen LogP contribution is 2.31. The second-order valence-electron chi connectivity index (χ2n) is 8.25. The summed E-state index contributed by atoms with van der Waals surface area (Å²) in [6.07, 6.45) is 2.15. The Bertz CT molecular complexity index is 1020. The topological polar surface area (TPSA) is 42.4 Å². The van der Waals surface area contributed by atoms with Crippen molar-refractivity contribution in [3.05, 3.63) is 81.3 Å². The SMILES string of the molecule is Cc1cccc(C(=O)N(Cc2csc(COc3ccccc3C(C)C)n2)C2CC2)c1. The third-order valence-electron chi connectivity index (χ3n) is 5.34. The van der Waals surface area contributed by atoms with E-state index >= 15 is 0 Å². The van der Waals surface area contributed by atoms with Gasteiger partial charge in [-0.15, -0.1) is 11.3 Å². The van der Waals surface area contributed by atoms with Gasteiger partial charge in [-0.2, -0.15) is 0 Å². The lowest BCUT2D eigenvalue weighted by molar-refractivity contribution is 0.0728. The Labute approximate surface area is 182 Å². The number of thiazole rings is 1. The monoisotopic (exact) mass is 420 g/mol. The van der Waals surface area contributed by atoms with Gasteiger partial charge in [0.2, 0.25) is 0 Å². The fourth-order valence-electron chi connectivity index (χ4n) is 3.59. The Morgan fingerprint density at radius 2 is 2.00 bits per heavy atom. The van der Waals surface area contributed by atoms with Crippen molar-refractivity contribution in [2.45, 2.75) is 58.7 Å². The van der Waals surface area contributed by atoms with Crippen molar-refractivity contribution in [1.82, 2.24) is 9.88 Å². The van der Waals surface area contributed by atoms with E-state index in [-0.39, 0.29) is 5.91 Å². The molecule has 1 aliphatic rings. The first kappa shape index (κ1) is 20.6. The molecule has 0 radical (unpaired) electrons. The van der Waals surface area contributed by atoms with E-state index in [4.69, 9.17) is 9.72 Å². The van der Waals surface area contributed by atoms with Crippen LogP contribution in [0.4, 0.5) is 0 Å². The maximum atomic E-state index is 13.1. The van der Waals surface area contributed by atoms with E-state index in [1.807, 2.05) is 59.7 Å². The molecule has 4 nitrogen and oxygen atoms in total. The maximum absolute atomic E-state index is 13.1. The van der Waals surface area contributed by atoms with Crippen LogP contribution in [0.5, 0.6) is 5.75 Å². The first-order valence-corrected chi connectivity index (χ1v) is 11.4. The van der Waals surface area contributed by atoms with Crippen LogP contribution < -0.4 is 4.74 Å². The lowest BCUT2D eigenvalue weighted by Crippen LogP contribution is -2.32. The molecule has 0 N–H and O–H groups in total. The Kier molecular flexibility index (Phi) is 6.18. The van der Waals surface area contributed by atoms with E-state index in [0.717, 1.165) is 40.4 Å². The number of benzene rings is 2. The molecule has 2 aromatic carbocycles. The van der Waals surface area contributed by atoms with Crippen LogP contribution in [-0.4, -0.2) is 21.8 Å². The van der Waals surface area contributed by atoms with E-state index in [2.05, 4.69) is 19.9 Å². The minimum absolute atomic E-state index is 0.0952. The van der Waals surface area contributed by atoms with Gasteiger partial charge in [0, 0.05) is 17.0 Å². The quantitative estimate of drug-likeness (QED) is 0.452. The summed E-state index contributed by atoms with van der Waals surface area (Å²) in [6.45, 7) is 7.35. The summed E-state index contributed by atoms with van der Waals surface area (Å²) in [4.78, 5) is 19.8. The highest BCUT2D eigenvalue weighted by molar-refractivity contribution is 7.09. The predicted molar refractivity (Wildman–Crippen MR) is 121 cm³/mol. The largest absolute Gasteiger partial charge is 0.486 e. The molecule has 0 atom stereocenters. The average molecular weight is 421 g/mol. The Morgan fingerprint density at radius 3 is 2.73 bits per heavy atom. The van der Waals surface area contributed by atoms with E-state index in [1.165, 1.54) is 5.56 Å². The molecule has 0 spiro atoms. The summed E-state index contributed by atoms with van der Waals surface area (Å²) in [5, 5.41) is 2.98. The standard InChI is InChI=1S/C25H28N2O2S/c1-17(2)22-9-4-5-10-23(22)29-15-24-26-20(16-30-24)14-27(21-11-12-21)25(28)19-8-6-7-18(3)13-19/h4-10,13,16-17,21H,11-12,14-15H2,1-3H3. The van der Waals surface area contributed by atoms with E-state index < -0.39 is 0 Å². The molecule has 1 heterocycles. The van der Waals surface area contributed by atoms with Crippen LogP contribution in [0.15, 0.2) is 53.9 Å². The number of nitrogens with zero attached hydrogens (tertiary/aromatic N) is 2. The van der Waals surface area contributed by atoms with E-state index in [9.17, 15) is 4.79 Å². The minimum Gasteiger partial charge on any atom is -0.486 e. The molecule has 30 heavy (non-hydrogen) atoms. The minimum atomic E-state index is 0.0952. The summed E-state index contributed by atoms with van der Waals surface area (Å²) >= 11 is 1.59. The summed E-state index contributed by atoms with van der Waals surface area (Å²) in [6, 6.07) is 16.3. The summed E-state index contributed by atoms with van der Waals surface area (Å²) in [5.74, 6) is 1.42. The van der Waals surface area contributed by atoms with Crippen molar-refractivity contribution in [2.24, 2.45) is 0 Å². The highest BCUT2D eigenvalue weighted by Gasteiger charge is 2.33. The maximum Gasteiger partial charge on any atom is 0.254 e. The number of carbonyl (C=O) groups excluding carboxylic acids is 1. The molecule has 0 aliphatic heterocycles. The van der Waals surface area contributed by atoms with Crippen LogP contribution in [-0.2, 0) is 13.2 Å². The summed E-state index contributed by atoms with van der Waals surface area (Å²) < 4.78 is 6.06. The third-order valence-corrected chi connectivity index (χ3v) is 6.21. The van der Waals surface area contributed by atoms with Gasteiger partial charge < -0.3 is 9.64 Å². The van der Waals surface area contributed by atoms with Crippen molar-refractivity contribution >= 4 is 17.2 Å². The second-order valence-corrected chi connectivity index (χ2v) is 9.19. The zero-order valence-electron chi connectivity index (χ0n) is 17.8. The van der Waals surface area contributed by atoms with Crippen LogP contribution in [0.1, 0.15) is 64.8 Å². The van der Waals surface area contributed by atoms with Crippen molar-refractivity contribution in [3.8, 4) is 5.75 Å². The number of ether oxygens (including phenoxy) is 1. The lowest BCUT2D eigenvalue weighted by Gasteiger charge is -2.21. The Morgan fingerprint density at radius 1 is 1.20 bits per heavy atom. The van der Waals surface area contributed by atoms with E-state index in [1.54, 1.807) is 11.3 Å². The number of rotatable bonds is 8. The van der Waals surface area contributed by atoms with Crippen molar-refractivity contribution < 1.29 is 9.53 Å². The molecule has 3 aromatic rings. The van der Waals surface area contributed by atoms with Gasteiger partial charge >= 0.3 is 0 Å². The van der Waals surface area contributed by atoms with Crippen molar-refractivity contribution in [2.75, 3.05) is 0 Å². The molecule has 1 aliphatic carbocycles. The number of aryl methyl sites for hydroxylation is 1. The molecule has 1 aromatic heterocycles. The number of hydrogen-bond donors (Lipinski definition) is 0. The van der Waals surface area contributed by atoms with Gasteiger partial charge in [0.05, 0.1) is 12.2 Å². The van der Waals surface area contributed by atoms with Crippen LogP contribution in [0.3, 0.4) is 0 Å². The molecule has 0 saturated heterocycles. The van der Waals surface area contributed by atoms with Gasteiger partial charge in [0.15, 0.2) is 0 Å². The smallest absolute Gasteiger partial charge is 0.254 e. The first-order chi connectivity index (χ1) is 14.5. The fourth-order valence-corrected chi connectivity index (χ4v) is 4.28. The molecule has 0 bridgehead atoms. The molecule has 1 saturated carbocycles. The molecular weight excluding hydrogens is 392 g/mol. The van der Waals surface area contributed by atoms with Gasteiger partial charge in [0.1, 0.15) is 17.4 Å². The fraction of sp³-hybridized carbons (Fsp3) is 0.360. The normalized spacial score (nSPS) is 13.5. The molecular formula is C25H28N2O2S. The van der Waals surface area contributed by atoms with Gasteiger partial charge in [-0.1, -0.05) is 49.7 Å². The number of hydrogen-bond acceptors (Lipinski definition) is 4. The summed E-state index contributed by atoms with van der Waals surface area (Å²) in [5.41, 5.74) is 4.00. The number of carbonyl (C=O) groups is 1. The van der Waals surface area contributed by atoms with Gasteiger partial charge in [-0.3, -0.25) is 4.79 Å². The Hall–Kier alpha value is -2.66. The lowest BCUT2D eigenvalue weighted by atomic mass is 10.0. The second kappa shape index (κ2) is 9.00. The predicted octanol–water partition coefficient (Wildman–Crippen LogP) is 5.96. The van der Waals surface area contributed by atoms with Crippen LogP contribution in [0, 0.1) is 6.92 Å². The highest BCUT2D eigenvalue weighted by atomic mass is 32.1. The average Bonchev–Trinajstić information content (AvgIpc) is 3.49. The molecule has 1 amide bonds. The zero-order chi connectivity index (χ0) is 21.1. The number of aromatic nitrogens is 1. The molecule has 0 unspecified atom stereocenters. The van der Waals surface area contributed by atoms with Crippen LogP contribution in [0.2, 0.25) is 0 Å². The van der Waals surface area contributed by atoms with Crippen molar-refractivity contribution in [3.63, 3.8) is 0 Å². The zero-order valence-corrected chi connectivity index (χ0v) is 18.6. The number of para-hydroxylation sites is 1. The molecule has 4 rings (SSSR count). The van der Waals surface area contributed by atoms with Crippen LogP contribution >= 0.6 is 11.3 Å². The van der Waals surface area contributed by atoms with Crippen molar-refractivity contribution in [1.29, 1.82) is 0 Å². The molecule has 5 heteroatoms. The molecule has 1 fully saturated rings. The van der Waals surface area contributed by atoms with Crippen LogP contribution in [0.25, 0.3) is 0 Å². The van der Waals surface area contributed by atoms with E-state index in [0.29, 0.717) is 25.1 Å². The first-order valence-electron chi connectivity index (χ1n) is 10.5. The number of amides is 1. The van der Waals surface area contributed by atoms with Gasteiger partial charge in [0.25, 0.3) is 5.91 Å². The van der Waals surface area contributed by atoms with Gasteiger partial charge in [-0.25, -0.2) is 4.98 Å². The Balaban J connectivity index is 1.42. The third kappa shape index (κ3) is 4.90. The van der Waals surface area contributed by atoms with Gasteiger partial charge in [-0.05, 0) is 49.4 Å².